The summed E-state index contributed by atoms with van der Waals surface area (Å²) in [5.41, 5.74) is 2.38. The van der Waals surface area contributed by atoms with Crippen molar-refractivity contribution in [2.24, 2.45) is 5.92 Å². The van der Waals surface area contributed by atoms with E-state index in [0.29, 0.717) is 23.7 Å². The van der Waals surface area contributed by atoms with Crippen molar-refractivity contribution < 1.29 is 14.3 Å². The van der Waals surface area contributed by atoms with Crippen LogP contribution in [0.1, 0.15) is 12.8 Å². The fourth-order valence-electron chi connectivity index (χ4n) is 3.72. The van der Waals surface area contributed by atoms with Crippen LogP contribution in [0, 0.1) is 5.92 Å². The quantitative estimate of drug-likeness (QED) is 0.655. The van der Waals surface area contributed by atoms with Crippen LogP contribution in [0.25, 0.3) is 11.3 Å². The molecular weight excluding hydrogens is 394 g/mol. The number of amides is 1. The molecule has 1 aromatic carbocycles. The normalized spacial score (nSPS) is 15.9. The summed E-state index contributed by atoms with van der Waals surface area (Å²) in [6.07, 6.45) is 5.23. The average Bonchev–Trinajstić information content (AvgIpc) is 2.84. The first-order valence-electron chi connectivity index (χ1n) is 10.2. The summed E-state index contributed by atoms with van der Waals surface area (Å²) in [6.45, 7) is 1.45. The van der Waals surface area contributed by atoms with Gasteiger partial charge in [0.2, 0.25) is 5.91 Å². The van der Waals surface area contributed by atoms with Crippen LogP contribution in [0.5, 0.6) is 11.5 Å². The largest absolute Gasteiger partial charge is 0.493 e. The van der Waals surface area contributed by atoms with Gasteiger partial charge in [-0.25, -0.2) is 0 Å². The molecule has 0 radical (unpaired) electrons. The summed E-state index contributed by atoms with van der Waals surface area (Å²) in [5.74, 6) is 1.82. The molecular formula is C23H25N5O3. The van der Waals surface area contributed by atoms with Crippen LogP contribution in [0.3, 0.4) is 0 Å². The Bertz CT molecular complexity index is 1030. The number of methoxy groups -OCH3 is 2. The lowest BCUT2D eigenvalue weighted by Crippen LogP contribution is -2.41. The molecule has 4 rings (SSSR count). The number of nitrogens with one attached hydrogen (secondary N) is 1. The zero-order valence-electron chi connectivity index (χ0n) is 17.6. The van der Waals surface area contributed by atoms with Gasteiger partial charge in [0, 0.05) is 42.8 Å². The number of nitrogens with zero attached hydrogens (tertiary/aromatic N) is 4. The summed E-state index contributed by atoms with van der Waals surface area (Å²) >= 11 is 0. The van der Waals surface area contributed by atoms with Crippen LogP contribution >= 0.6 is 0 Å². The molecule has 2 aromatic heterocycles. The SMILES string of the molecule is COc1ccc(NC(=O)C2CCCN(c3ccc(-c4cccnc4)nn3)C2)cc1OC. The van der Waals surface area contributed by atoms with Gasteiger partial charge >= 0.3 is 0 Å². The van der Waals surface area contributed by atoms with E-state index >= 15 is 0 Å². The Hall–Kier alpha value is -3.68. The molecule has 0 spiro atoms. The highest BCUT2D eigenvalue weighted by Gasteiger charge is 2.27. The van der Waals surface area contributed by atoms with E-state index in [-0.39, 0.29) is 11.8 Å². The summed E-state index contributed by atoms with van der Waals surface area (Å²) < 4.78 is 10.6. The van der Waals surface area contributed by atoms with E-state index in [2.05, 4.69) is 25.4 Å². The minimum atomic E-state index is -0.137. The Balaban J connectivity index is 1.42. The molecule has 1 aliphatic rings. The molecule has 1 aliphatic heterocycles. The molecule has 31 heavy (non-hydrogen) atoms. The molecule has 160 valence electrons. The predicted octanol–water partition coefficient (Wildman–Crippen LogP) is 3.41. The van der Waals surface area contributed by atoms with Gasteiger partial charge in [-0.3, -0.25) is 9.78 Å². The second kappa shape index (κ2) is 9.42. The maximum atomic E-state index is 12.9. The number of pyridine rings is 1. The number of hydrogen-bond acceptors (Lipinski definition) is 7. The number of anilines is 2. The van der Waals surface area contributed by atoms with Crippen LogP contribution in [-0.4, -0.2) is 48.4 Å². The van der Waals surface area contributed by atoms with Crippen molar-refractivity contribution in [1.82, 2.24) is 15.2 Å². The van der Waals surface area contributed by atoms with Crippen molar-refractivity contribution >= 4 is 17.4 Å². The Kier molecular flexibility index (Phi) is 6.26. The molecule has 8 heteroatoms. The molecule has 3 heterocycles. The minimum Gasteiger partial charge on any atom is -0.493 e. The van der Waals surface area contributed by atoms with Crippen molar-refractivity contribution in [3.8, 4) is 22.8 Å². The molecule has 1 unspecified atom stereocenters. The summed E-state index contributed by atoms with van der Waals surface area (Å²) in [7, 11) is 3.15. The fourth-order valence-corrected chi connectivity index (χ4v) is 3.72. The van der Waals surface area contributed by atoms with Gasteiger partial charge in [0.15, 0.2) is 17.3 Å². The van der Waals surface area contributed by atoms with E-state index in [1.807, 2.05) is 30.3 Å². The third-order valence-corrected chi connectivity index (χ3v) is 5.38. The molecule has 1 saturated heterocycles. The van der Waals surface area contributed by atoms with E-state index in [0.717, 1.165) is 36.5 Å². The van der Waals surface area contributed by atoms with Gasteiger partial charge in [-0.05, 0) is 49.2 Å². The highest BCUT2D eigenvalue weighted by molar-refractivity contribution is 5.93. The van der Waals surface area contributed by atoms with E-state index in [4.69, 9.17) is 9.47 Å². The number of rotatable bonds is 6. The average molecular weight is 419 g/mol. The number of hydrogen-bond donors (Lipinski definition) is 1. The Morgan fingerprint density at radius 1 is 1.10 bits per heavy atom. The van der Waals surface area contributed by atoms with Crippen LogP contribution in [-0.2, 0) is 4.79 Å². The van der Waals surface area contributed by atoms with Crippen LogP contribution in [0.15, 0.2) is 54.9 Å². The number of carbonyl (C=O) groups is 1. The lowest BCUT2D eigenvalue weighted by molar-refractivity contribution is -0.120. The van der Waals surface area contributed by atoms with E-state index < -0.39 is 0 Å². The molecule has 1 atom stereocenters. The monoisotopic (exact) mass is 419 g/mol. The number of aromatic nitrogens is 3. The van der Waals surface area contributed by atoms with Crippen molar-refractivity contribution in [1.29, 1.82) is 0 Å². The number of benzene rings is 1. The van der Waals surface area contributed by atoms with Gasteiger partial charge in [0.25, 0.3) is 0 Å². The fraction of sp³-hybridized carbons (Fsp3) is 0.304. The van der Waals surface area contributed by atoms with Crippen molar-refractivity contribution in [2.45, 2.75) is 12.8 Å². The first-order chi connectivity index (χ1) is 15.2. The van der Waals surface area contributed by atoms with Crippen LogP contribution < -0.4 is 19.7 Å². The number of ether oxygens (including phenoxy) is 2. The third kappa shape index (κ3) is 4.74. The van der Waals surface area contributed by atoms with Crippen molar-refractivity contribution in [2.75, 3.05) is 37.5 Å². The summed E-state index contributed by atoms with van der Waals surface area (Å²) in [5, 5.41) is 11.7. The van der Waals surface area contributed by atoms with Crippen LogP contribution in [0.4, 0.5) is 11.5 Å². The zero-order chi connectivity index (χ0) is 21.6. The van der Waals surface area contributed by atoms with E-state index in [9.17, 15) is 4.79 Å². The second-order valence-electron chi connectivity index (χ2n) is 7.36. The van der Waals surface area contributed by atoms with Crippen molar-refractivity contribution in [3.05, 3.63) is 54.9 Å². The lowest BCUT2D eigenvalue weighted by atomic mass is 9.97. The highest BCUT2D eigenvalue weighted by atomic mass is 16.5. The molecule has 0 saturated carbocycles. The predicted molar refractivity (Wildman–Crippen MR) is 118 cm³/mol. The molecule has 1 fully saturated rings. The van der Waals surface area contributed by atoms with Gasteiger partial charge < -0.3 is 19.7 Å². The summed E-state index contributed by atoms with van der Waals surface area (Å²) in [6, 6.07) is 13.1. The molecule has 0 bridgehead atoms. The topological polar surface area (TPSA) is 89.5 Å². The van der Waals surface area contributed by atoms with E-state index in [1.165, 1.54) is 0 Å². The number of carbonyl (C=O) groups excluding carboxylic acids is 1. The molecule has 3 aromatic rings. The Labute approximate surface area is 181 Å². The van der Waals surface area contributed by atoms with Gasteiger partial charge in [0.1, 0.15) is 0 Å². The number of piperidine rings is 1. The highest BCUT2D eigenvalue weighted by Crippen LogP contribution is 2.30. The zero-order valence-corrected chi connectivity index (χ0v) is 17.6. The first kappa shape index (κ1) is 20.6. The van der Waals surface area contributed by atoms with Gasteiger partial charge in [-0.1, -0.05) is 0 Å². The molecule has 0 aliphatic carbocycles. The standard InChI is InChI=1S/C23H25N5O3/c1-30-20-9-7-18(13-21(20)31-2)25-23(29)17-6-4-12-28(15-17)22-10-8-19(26-27-22)16-5-3-11-24-14-16/h3,5,7-11,13-14,17H,4,6,12,15H2,1-2H3,(H,25,29). The van der Waals surface area contributed by atoms with E-state index in [1.54, 1.807) is 38.7 Å². The summed E-state index contributed by atoms with van der Waals surface area (Å²) in [4.78, 5) is 19.1. The maximum Gasteiger partial charge on any atom is 0.229 e. The Morgan fingerprint density at radius 2 is 1.97 bits per heavy atom. The van der Waals surface area contributed by atoms with Gasteiger partial charge in [-0.15, -0.1) is 10.2 Å². The smallest absolute Gasteiger partial charge is 0.229 e. The lowest BCUT2D eigenvalue weighted by Gasteiger charge is -2.32. The minimum absolute atomic E-state index is 0.0168. The Morgan fingerprint density at radius 3 is 2.68 bits per heavy atom. The van der Waals surface area contributed by atoms with Crippen LogP contribution in [0.2, 0.25) is 0 Å². The maximum absolute atomic E-state index is 12.9. The molecule has 1 N–H and O–H groups in total. The second-order valence-corrected chi connectivity index (χ2v) is 7.36. The van der Waals surface area contributed by atoms with Crippen molar-refractivity contribution in [3.63, 3.8) is 0 Å². The van der Waals surface area contributed by atoms with Gasteiger partial charge in [-0.2, -0.15) is 0 Å². The van der Waals surface area contributed by atoms with Gasteiger partial charge in [0.05, 0.1) is 25.8 Å². The first-order valence-corrected chi connectivity index (χ1v) is 10.2. The molecule has 8 nitrogen and oxygen atoms in total. The third-order valence-electron chi connectivity index (χ3n) is 5.38. The molecule has 1 amide bonds.